The van der Waals surface area contributed by atoms with Gasteiger partial charge in [0.05, 0.1) is 0 Å². The smallest absolute Gasteiger partial charge is 0.267 e. The van der Waals surface area contributed by atoms with Gasteiger partial charge in [-0.2, -0.15) is 0 Å². The third kappa shape index (κ3) is 1.49. The molecule has 0 amide bonds. The lowest BCUT2D eigenvalue weighted by Gasteiger charge is -1.97. The Labute approximate surface area is 62.0 Å². The van der Waals surface area contributed by atoms with Crippen LogP contribution in [-0.2, 0) is 11.2 Å². The fourth-order valence-corrected chi connectivity index (χ4v) is 0.829. The van der Waals surface area contributed by atoms with Crippen LogP contribution in [0, 0.1) is 6.92 Å². The lowest BCUT2D eigenvalue weighted by molar-refractivity contribution is -0.304. The minimum Gasteiger partial charge on any atom is -0.550 e. The van der Waals surface area contributed by atoms with Crippen LogP contribution in [0.3, 0.4) is 0 Å². The summed E-state index contributed by atoms with van der Waals surface area (Å²) in [6, 6.07) is 0. The number of carbonyl (C=O) groups is 1. The molecule has 0 unspecified atom stereocenters. The van der Waals surface area contributed by atoms with Gasteiger partial charge in [0, 0.05) is 23.6 Å². The third-order valence-corrected chi connectivity index (χ3v) is 1.41. The van der Waals surface area contributed by atoms with Crippen LogP contribution in [0.5, 0.6) is 0 Å². The Morgan fingerprint density at radius 2 is 2.18 bits per heavy atom. The number of aromatic nitrogens is 2. The van der Waals surface area contributed by atoms with Gasteiger partial charge in [0.25, 0.3) is 5.56 Å². The van der Waals surface area contributed by atoms with Gasteiger partial charge in [0.15, 0.2) is 0 Å². The Morgan fingerprint density at radius 1 is 1.55 bits per heavy atom. The molecule has 11 heavy (non-hydrogen) atoms. The standard InChI is InChI=1S/C6H8N2O3/c1-3-4(2-5(9)10)6(11)8-7-3/h2H2,1H3,(H,9,10)(H2,7,8,11)/p-1. The maximum absolute atomic E-state index is 10.8. The minimum absolute atomic E-state index is 0.227. The fourth-order valence-electron chi connectivity index (χ4n) is 0.829. The number of hydrogen-bond donors (Lipinski definition) is 2. The number of carboxylic acid groups (broad SMARTS) is 1. The minimum atomic E-state index is -1.25. The molecule has 5 heteroatoms. The van der Waals surface area contributed by atoms with Crippen molar-refractivity contribution in [3.05, 3.63) is 21.6 Å². The van der Waals surface area contributed by atoms with Crippen molar-refractivity contribution in [3.63, 3.8) is 0 Å². The second-order valence-electron chi connectivity index (χ2n) is 2.23. The quantitative estimate of drug-likeness (QED) is 0.533. The van der Waals surface area contributed by atoms with Crippen LogP contribution in [0.2, 0.25) is 0 Å². The molecule has 1 rings (SSSR count). The van der Waals surface area contributed by atoms with Crippen molar-refractivity contribution in [1.82, 2.24) is 10.2 Å². The van der Waals surface area contributed by atoms with E-state index in [0.717, 1.165) is 0 Å². The predicted octanol–water partition coefficient (Wildman–Crippen LogP) is -1.70. The van der Waals surface area contributed by atoms with Gasteiger partial charge >= 0.3 is 0 Å². The van der Waals surface area contributed by atoms with Crippen LogP contribution in [0.15, 0.2) is 4.79 Å². The first-order valence-electron chi connectivity index (χ1n) is 3.07. The number of aryl methyl sites for hydroxylation is 1. The van der Waals surface area contributed by atoms with Crippen molar-refractivity contribution in [1.29, 1.82) is 0 Å². The van der Waals surface area contributed by atoms with Gasteiger partial charge in [0.1, 0.15) is 0 Å². The SMILES string of the molecule is Cc1[nH][nH]c(=O)c1CC(=O)[O-]. The largest absolute Gasteiger partial charge is 0.550 e. The summed E-state index contributed by atoms with van der Waals surface area (Å²) in [4.78, 5) is 20.9. The lowest BCUT2D eigenvalue weighted by Crippen LogP contribution is -2.26. The highest BCUT2D eigenvalue weighted by atomic mass is 16.4. The van der Waals surface area contributed by atoms with E-state index in [1.807, 2.05) is 0 Å². The summed E-state index contributed by atoms with van der Waals surface area (Å²) in [6.07, 6.45) is -0.343. The van der Waals surface area contributed by atoms with E-state index in [1.54, 1.807) is 6.92 Å². The topological polar surface area (TPSA) is 88.8 Å². The molecule has 0 saturated carbocycles. The van der Waals surface area contributed by atoms with Crippen molar-refractivity contribution >= 4 is 5.97 Å². The van der Waals surface area contributed by atoms with E-state index in [2.05, 4.69) is 10.2 Å². The molecule has 1 aromatic rings. The van der Waals surface area contributed by atoms with Crippen molar-refractivity contribution in [2.45, 2.75) is 13.3 Å². The average Bonchev–Trinajstić information content (AvgIpc) is 2.18. The number of carbonyl (C=O) groups excluding carboxylic acids is 1. The predicted molar refractivity (Wildman–Crippen MR) is 34.9 cm³/mol. The highest BCUT2D eigenvalue weighted by molar-refractivity contribution is 5.68. The molecule has 0 fully saturated rings. The lowest BCUT2D eigenvalue weighted by atomic mass is 10.2. The van der Waals surface area contributed by atoms with Crippen molar-refractivity contribution in [2.75, 3.05) is 0 Å². The maximum Gasteiger partial charge on any atom is 0.267 e. The zero-order chi connectivity index (χ0) is 8.43. The molecule has 0 aromatic carbocycles. The van der Waals surface area contributed by atoms with Gasteiger partial charge in [-0.1, -0.05) is 0 Å². The van der Waals surface area contributed by atoms with Crippen LogP contribution >= 0.6 is 0 Å². The highest BCUT2D eigenvalue weighted by Gasteiger charge is 2.04. The van der Waals surface area contributed by atoms with Gasteiger partial charge in [-0.15, -0.1) is 0 Å². The molecule has 0 saturated heterocycles. The molecule has 1 heterocycles. The number of aromatic amines is 2. The first-order valence-corrected chi connectivity index (χ1v) is 3.07. The Bertz CT molecular complexity index is 323. The van der Waals surface area contributed by atoms with Crippen LogP contribution in [0.25, 0.3) is 0 Å². The van der Waals surface area contributed by atoms with Gasteiger partial charge in [0.2, 0.25) is 0 Å². The van der Waals surface area contributed by atoms with Crippen LogP contribution in [-0.4, -0.2) is 16.2 Å². The zero-order valence-electron chi connectivity index (χ0n) is 5.93. The normalized spacial score (nSPS) is 9.91. The Balaban J connectivity index is 3.01. The third-order valence-electron chi connectivity index (χ3n) is 1.41. The number of H-pyrrole nitrogens is 2. The molecule has 0 bridgehead atoms. The first-order chi connectivity index (χ1) is 5.11. The first kappa shape index (κ1) is 7.59. The summed E-state index contributed by atoms with van der Waals surface area (Å²) in [6.45, 7) is 1.62. The van der Waals surface area contributed by atoms with E-state index in [-0.39, 0.29) is 12.0 Å². The second kappa shape index (κ2) is 2.61. The number of hydrogen-bond acceptors (Lipinski definition) is 3. The molecular weight excluding hydrogens is 148 g/mol. The summed E-state index contributed by atoms with van der Waals surface area (Å²) in [7, 11) is 0. The maximum atomic E-state index is 10.8. The van der Waals surface area contributed by atoms with Gasteiger partial charge in [-0.25, -0.2) is 0 Å². The van der Waals surface area contributed by atoms with Gasteiger partial charge in [-0.05, 0) is 6.92 Å². The number of nitrogens with one attached hydrogen (secondary N) is 2. The monoisotopic (exact) mass is 155 g/mol. The van der Waals surface area contributed by atoms with E-state index < -0.39 is 11.5 Å². The Morgan fingerprint density at radius 3 is 2.55 bits per heavy atom. The molecule has 1 aromatic heterocycles. The Kier molecular flexibility index (Phi) is 1.80. The summed E-state index contributed by atoms with van der Waals surface area (Å²) >= 11 is 0. The van der Waals surface area contributed by atoms with Gasteiger partial charge < -0.3 is 15.0 Å². The summed E-state index contributed by atoms with van der Waals surface area (Å²) in [5.41, 5.74) is 0.371. The van der Waals surface area contributed by atoms with E-state index in [9.17, 15) is 14.7 Å². The molecule has 60 valence electrons. The number of carboxylic acids is 1. The second-order valence-corrected chi connectivity index (χ2v) is 2.23. The zero-order valence-corrected chi connectivity index (χ0v) is 5.93. The fraction of sp³-hybridized carbons (Fsp3) is 0.333. The van der Waals surface area contributed by atoms with E-state index in [4.69, 9.17) is 0 Å². The molecule has 0 spiro atoms. The van der Waals surface area contributed by atoms with Crippen molar-refractivity contribution in [3.8, 4) is 0 Å². The molecule has 2 N–H and O–H groups in total. The summed E-state index contributed by atoms with van der Waals surface area (Å²) < 4.78 is 0. The molecular formula is C6H7N2O3-. The van der Waals surface area contributed by atoms with Crippen molar-refractivity contribution < 1.29 is 9.90 Å². The van der Waals surface area contributed by atoms with Crippen LogP contribution in [0.1, 0.15) is 11.3 Å². The van der Waals surface area contributed by atoms with E-state index >= 15 is 0 Å². The summed E-state index contributed by atoms with van der Waals surface area (Å²) in [5.74, 6) is -1.25. The van der Waals surface area contributed by atoms with Crippen LogP contribution in [0.4, 0.5) is 0 Å². The van der Waals surface area contributed by atoms with Gasteiger partial charge in [-0.3, -0.25) is 9.89 Å². The van der Waals surface area contributed by atoms with E-state index in [1.165, 1.54) is 0 Å². The Hall–Kier alpha value is -1.52. The highest BCUT2D eigenvalue weighted by Crippen LogP contribution is 1.96. The molecule has 0 atom stereocenters. The summed E-state index contributed by atoms with van der Waals surface area (Å²) in [5, 5.41) is 14.9. The van der Waals surface area contributed by atoms with E-state index in [0.29, 0.717) is 5.69 Å². The molecule has 0 aliphatic heterocycles. The van der Waals surface area contributed by atoms with Crippen LogP contribution < -0.4 is 10.7 Å². The molecule has 0 aliphatic carbocycles. The molecule has 0 radical (unpaired) electrons. The number of rotatable bonds is 2. The molecule has 0 aliphatic rings. The van der Waals surface area contributed by atoms with Crippen molar-refractivity contribution in [2.24, 2.45) is 0 Å². The average molecular weight is 155 g/mol. The molecule has 5 nitrogen and oxygen atoms in total. The number of aliphatic carboxylic acids is 1.